The van der Waals surface area contributed by atoms with Crippen LogP contribution in [0.5, 0.6) is 0 Å². The van der Waals surface area contributed by atoms with Gasteiger partial charge in [0.1, 0.15) is 0 Å². The van der Waals surface area contributed by atoms with Crippen LogP contribution >= 0.6 is 11.8 Å². The summed E-state index contributed by atoms with van der Waals surface area (Å²) in [6, 6.07) is 14.9. The predicted octanol–water partition coefficient (Wildman–Crippen LogP) is 3.51. The van der Waals surface area contributed by atoms with Gasteiger partial charge in [-0.15, -0.1) is 11.8 Å². The summed E-state index contributed by atoms with van der Waals surface area (Å²) in [5.41, 5.74) is 10.7. The zero-order valence-electron chi connectivity index (χ0n) is 10.4. The topological polar surface area (TPSA) is 29.3 Å². The minimum absolute atomic E-state index is 0.855. The van der Waals surface area contributed by atoms with E-state index in [1.54, 1.807) is 11.8 Å². The Kier molecular flexibility index (Phi) is 2.92. The van der Waals surface area contributed by atoms with Crippen LogP contribution < -0.4 is 10.6 Å². The van der Waals surface area contributed by atoms with Crippen molar-refractivity contribution in [3.05, 3.63) is 53.6 Å². The summed E-state index contributed by atoms with van der Waals surface area (Å²) in [7, 11) is 0. The first-order valence-electron chi connectivity index (χ1n) is 6.02. The fourth-order valence-corrected chi connectivity index (χ4v) is 2.86. The summed E-state index contributed by atoms with van der Waals surface area (Å²) in [5.74, 6) is 0. The monoisotopic (exact) mass is 256 g/mol. The Morgan fingerprint density at radius 2 is 1.89 bits per heavy atom. The van der Waals surface area contributed by atoms with Crippen LogP contribution in [0.15, 0.2) is 47.4 Å². The highest BCUT2D eigenvalue weighted by molar-refractivity contribution is 7.98. The van der Waals surface area contributed by atoms with E-state index in [2.05, 4.69) is 47.6 Å². The minimum Gasteiger partial charge on any atom is -0.399 e. The largest absolute Gasteiger partial charge is 0.399 e. The number of rotatable bonds is 2. The number of nitrogens with zero attached hydrogens (tertiary/aromatic N) is 1. The van der Waals surface area contributed by atoms with Crippen LogP contribution in [0.4, 0.5) is 11.4 Å². The molecule has 0 saturated heterocycles. The van der Waals surface area contributed by atoms with Gasteiger partial charge in [0.15, 0.2) is 0 Å². The molecule has 92 valence electrons. The van der Waals surface area contributed by atoms with Gasteiger partial charge in [0.05, 0.1) is 0 Å². The molecule has 18 heavy (non-hydrogen) atoms. The first kappa shape index (κ1) is 11.5. The number of hydrogen-bond acceptors (Lipinski definition) is 3. The van der Waals surface area contributed by atoms with Gasteiger partial charge in [0.2, 0.25) is 0 Å². The first-order valence-corrected chi connectivity index (χ1v) is 7.25. The number of nitrogens with two attached hydrogens (primary N) is 1. The van der Waals surface area contributed by atoms with E-state index in [1.807, 2.05) is 6.07 Å². The van der Waals surface area contributed by atoms with Crippen molar-refractivity contribution in [1.29, 1.82) is 0 Å². The molecule has 0 spiro atoms. The molecule has 3 rings (SSSR count). The third kappa shape index (κ3) is 2.06. The Morgan fingerprint density at radius 1 is 1.06 bits per heavy atom. The highest BCUT2D eigenvalue weighted by Crippen LogP contribution is 2.31. The lowest BCUT2D eigenvalue weighted by atomic mass is 10.1. The Hall–Kier alpha value is -1.61. The molecule has 2 aromatic rings. The quantitative estimate of drug-likeness (QED) is 0.658. The molecule has 3 heteroatoms. The van der Waals surface area contributed by atoms with E-state index in [-0.39, 0.29) is 0 Å². The van der Waals surface area contributed by atoms with Gasteiger partial charge in [-0.1, -0.05) is 12.1 Å². The lowest BCUT2D eigenvalue weighted by Gasteiger charge is -2.18. The average Bonchev–Trinajstić information content (AvgIpc) is 2.81. The van der Waals surface area contributed by atoms with Crippen LogP contribution in [0, 0.1) is 0 Å². The van der Waals surface area contributed by atoms with Gasteiger partial charge in [-0.3, -0.25) is 0 Å². The molecule has 2 N–H and O–H groups in total. The van der Waals surface area contributed by atoms with Crippen molar-refractivity contribution in [3.8, 4) is 0 Å². The lowest BCUT2D eigenvalue weighted by Crippen LogP contribution is -2.14. The molecule has 2 aromatic carbocycles. The molecular weight excluding hydrogens is 240 g/mol. The van der Waals surface area contributed by atoms with Crippen molar-refractivity contribution in [3.63, 3.8) is 0 Å². The first-order chi connectivity index (χ1) is 8.76. The number of fused-ring (bicyclic) bond motifs is 1. The maximum Gasteiger partial charge on any atom is 0.0437 e. The Morgan fingerprint density at radius 3 is 2.72 bits per heavy atom. The molecule has 0 aromatic heterocycles. The minimum atomic E-state index is 0.855. The third-order valence-corrected chi connectivity index (χ3v) is 4.10. The van der Waals surface area contributed by atoms with E-state index < -0.39 is 0 Å². The van der Waals surface area contributed by atoms with Crippen molar-refractivity contribution in [2.45, 2.75) is 18.0 Å². The van der Waals surface area contributed by atoms with E-state index in [1.165, 1.54) is 21.7 Å². The molecule has 0 radical (unpaired) electrons. The van der Waals surface area contributed by atoms with Gasteiger partial charge in [0.25, 0.3) is 0 Å². The molecule has 1 aliphatic heterocycles. The second-order valence-corrected chi connectivity index (χ2v) is 5.47. The van der Waals surface area contributed by atoms with E-state index in [0.717, 1.165) is 18.8 Å². The van der Waals surface area contributed by atoms with Gasteiger partial charge < -0.3 is 10.6 Å². The molecule has 0 saturated carbocycles. The van der Waals surface area contributed by atoms with Crippen LogP contribution in [-0.2, 0) is 13.1 Å². The Balaban J connectivity index is 1.88. The fourth-order valence-electron chi connectivity index (χ4n) is 2.40. The van der Waals surface area contributed by atoms with Crippen LogP contribution in [0.1, 0.15) is 11.1 Å². The molecule has 2 nitrogen and oxygen atoms in total. The molecule has 0 amide bonds. The summed E-state index contributed by atoms with van der Waals surface area (Å²) in [4.78, 5) is 3.70. The molecule has 0 atom stereocenters. The molecule has 0 aliphatic carbocycles. The number of thioether (sulfide) groups is 1. The van der Waals surface area contributed by atoms with Gasteiger partial charge in [-0.2, -0.15) is 0 Å². The SMILES string of the molecule is CSc1cccc(N2Cc3ccc(N)cc3C2)c1. The van der Waals surface area contributed by atoms with Gasteiger partial charge in [-0.05, 0) is 47.7 Å². The molecule has 1 aliphatic rings. The summed E-state index contributed by atoms with van der Waals surface area (Å²) < 4.78 is 0. The van der Waals surface area contributed by atoms with Crippen molar-refractivity contribution in [2.24, 2.45) is 0 Å². The van der Waals surface area contributed by atoms with Crippen LogP contribution in [0.25, 0.3) is 0 Å². The molecule has 0 bridgehead atoms. The summed E-state index contributed by atoms with van der Waals surface area (Å²) in [6.07, 6.45) is 2.11. The Bertz CT molecular complexity index is 580. The van der Waals surface area contributed by atoms with E-state index >= 15 is 0 Å². The summed E-state index contributed by atoms with van der Waals surface area (Å²) in [6.45, 7) is 1.94. The number of benzene rings is 2. The van der Waals surface area contributed by atoms with E-state index in [0.29, 0.717) is 0 Å². The average molecular weight is 256 g/mol. The van der Waals surface area contributed by atoms with Crippen LogP contribution in [0.3, 0.4) is 0 Å². The highest BCUT2D eigenvalue weighted by atomic mass is 32.2. The summed E-state index contributed by atoms with van der Waals surface area (Å²) in [5, 5.41) is 0. The molecular formula is C15H16N2S. The van der Waals surface area contributed by atoms with Gasteiger partial charge in [0, 0.05) is 29.4 Å². The number of nitrogen functional groups attached to an aromatic ring is 1. The molecule has 0 unspecified atom stereocenters. The van der Waals surface area contributed by atoms with Crippen LogP contribution in [0.2, 0.25) is 0 Å². The number of hydrogen-bond donors (Lipinski definition) is 1. The maximum atomic E-state index is 5.84. The van der Waals surface area contributed by atoms with Crippen molar-refractivity contribution < 1.29 is 0 Å². The maximum absolute atomic E-state index is 5.84. The second-order valence-electron chi connectivity index (χ2n) is 4.59. The van der Waals surface area contributed by atoms with Crippen molar-refractivity contribution in [2.75, 3.05) is 16.9 Å². The highest BCUT2D eigenvalue weighted by Gasteiger charge is 2.19. The van der Waals surface area contributed by atoms with Crippen LogP contribution in [-0.4, -0.2) is 6.26 Å². The second kappa shape index (κ2) is 4.58. The molecule has 1 heterocycles. The van der Waals surface area contributed by atoms with E-state index in [4.69, 9.17) is 5.73 Å². The van der Waals surface area contributed by atoms with Crippen molar-refractivity contribution in [1.82, 2.24) is 0 Å². The van der Waals surface area contributed by atoms with Crippen molar-refractivity contribution >= 4 is 23.1 Å². The fraction of sp³-hybridized carbons (Fsp3) is 0.200. The summed E-state index contributed by atoms with van der Waals surface area (Å²) >= 11 is 1.78. The number of anilines is 2. The Labute approximate surface area is 112 Å². The normalized spacial score (nSPS) is 13.7. The zero-order valence-corrected chi connectivity index (χ0v) is 11.2. The van der Waals surface area contributed by atoms with E-state index in [9.17, 15) is 0 Å². The standard InChI is InChI=1S/C15H16N2S/c1-18-15-4-2-3-14(8-15)17-9-11-5-6-13(16)7-12(11)10-17/h2-8H,9-10,16H2,1H3. The van der Waals surface area contributed by atoms with Gasteiger partial charge >= 0.3 is 0 Å². The lowest BCUT2D eigenvalue weighted by molar-refractivity contribution is 0.878. The smallest absolute Gasteiger partial charge is 0.0437 e. The third-order valence-electron chi connectivity index (χ3n) is 3.37. The predicted molar refractivity (Wildman–Crippen MR) is 79.0 cm³/mol. The zero-order chi connectivity index (χ0) is 12.5. The molecule has 0 fully saturated rings. The van der Waals surface area contributed by atoms with Gasteiger partial charge in [-0.25, -0.2) is 0 Å².